The molecule has 2 aromatic carbocycles. The number of aromatic nitrogens is 6. The highest BCUT2D eigenvalue weighted by atomic mass is 16.5. The first-order valence-electron chi connectivity index (χ1n) is 18.3. The zero-order chi connectivity index (χ0) is 40.8. The minimum absolute atomic E-state index is 0.00620. The largest absolute Gasteiger partial charge is 0.480 e. The van der Waals surface area contributed by atoms with Crippen LogP contribution in [0.2, 0.25) is 0 Å². The van der Waals surface area contributed by atoms with E-state index in [1.165, 1.54) is 69.1 Å². The molecule has 0 saturated carbocycles. The number of fused-ring (bicyclic) bond motifs is 2. The van der Waals surface area contributed by atoms with Crippen molar-refractivity contribution in [3.8, 4) is 11.5 Å². The van der Waals surface area contributed by atoms with Crippen LogP contribution in [0, 0.1) is 0 Å². The Hall–Kier alpha value is -6.92. The molecule has 0 radical (unpaired) electrons. The van der Waals surface area contributed by atoms with Crippen molar-refractivity contribution in [3.63, 3.8) is 0 Å². The average molecular weight is 791 g/mol. The summed E-state index contributed by atoms with van der Waals surface area (Å²) < 4.78 is 24.5. The van der Waals surface area contributed by atoms with E-state index < -0.39 is 0 Å². The van der Waals surface area contributed by atoms with Crippen molar-refractivity contribution in [1.29, 1.82) is 0 Å². The van der Waals surface area contributed by atoms with Crippen LogP contribution in [0.15, 0.2) is 104 Å². The molecule has 18 heteroatoms. The van der Waals surface area contributed by atoms with Gasteiger partial charge in [-0.25, -0.2) is 9.59 Å². The summed E-state index contributed by atoms with van der Waals surface area (Å²) in [6.07, 6.45) is 5.50. The number of carbonyl (C=O) groups excluding carboxylic acids is 2. The second kappa shape index (κ2) is 17.5. The summed E-state index contributed by atoms with van der Waals surface area (Å²) in [5.74, 6) is 1.32. The first-order valence-corrected chi connectivity index (χ1v) is 18.3. The van der Waals surface area contributed by atoms with E-state index >= 15 is 0 Å². The lowest BCUT2D eigenvalue weighted by Gasteiger charge is -2.14. The van der Waals surface area contributed by atoms with E-state index in [9.17, 15) is 19.2 Å². The van der Waals surface area contributed by atoms with Gasteiger partial charge in [-0.05, 0) is 22.3 Å². The summed E-state index contributed by atoms with van der Waals surface area (Å²) in [7, 11) is 6.46. The molecule has 0 bridgehead atoms. The van der Waals surface area contributed by atoms with Gasteiger partial charge in [0.2, 0.25) is 22.4 Å². The Balaban J connectivity index is 0.000000177. The Bertz CT molecular complexity index is 2470. The number of hydrogen-bond acceptors (Lipinski definition) is 14. The molecule has 6 aromatic rings. The fraction of sp³-hybridized carbons (Fsp3) is 0.300. The van der Waals surface area contributed by atoms with Crippen molar-refractivity contribution >= 4 is 12.1 Å². The number of nitrogens with zero attached hydrogens (tertiary/aromatic N) is 10. The summed E-state index contributed by atoms with van der Waals surface area (Å²) >= 11 is 0. The van der Waals surface area contributed by atoms with Crippen LogP contribution in [0.3, 0.4) is 0 Å². The molecule has 0 unspecified atom stereocenters. The van der Waals surface area contributed by atoms with Gasteiger partial charge in [0.05, 0.1) is 25.5 Å². The zero-order valence-electron chi connectivity index (χ0n) is 32.5. The van der Waals surface area contributed by atoms with Gasteiger partial charge in [0, 0.05) is 66.5 Å². The minimum atomic E-state index is -0.352. The molecule has 0 fully saturated rings. The molecule has 4 aromatic heterocycles. The van der Waals surface area contributed by atoms with Crippen LogP contribution in [0.5, 0.6) is 11.5 Å². The molecule has 0 atom stereocenters. The third kappa shape index (κ3) is 9.36. The molecule has 0 aliphatic carbocycles. The lowest BCUT2D eigenvalue weighted by atomic mass is 10.1. The van der Waals surface area contributed by atoms with Gasteiger partial charge in [0.1, 0.15) is 48.6 Å². The molecule has 18 nitrogen and oxygen atoms in total. The maximum atomic E-state index is 12.4. The van der Waals surface area contributed by atoms with Gasteiger partial charge < -0.3 is 28.1 Å². The van der Waals surface area contributed by atoms with Crippen molar-refractivity contribution in [2.45, 2.75) is 52.5 Å². The van der Waals surface area contributed by atoms with Crippen LogP contribution >= 0.6 is 0 Å². The van der Waals surface area contributed by atoms with E-state index in [0.717, 1.165) is 35.5 Å². The standard InChI is InChI=1S/2C20H21N5O4/c1-23(2)20(27)25-16(8-21-22-25)12-29-19-13-28-17(7-18(19)26)11-24-9-14-5-3-4-6-15(14)10-24;1-23(2)20(27)25-10-16(21-22-25)12-29-19-13-28-17(7-18(19)26)11-24-8-14-5-3-4-6-15(14)9-24/h3-8,13H,9-12H2,1-2H3;3-7,10,13H,8-9,11-12H2,1-2H3. The molecule has 300 valence electrons. The van der Waals surface area contributed by atoms with Crippen LogP contribution in [0.1, 0.15) is 45.2 Å². The second-order valence-electron chi connectivity index (χ2n) is 14.2. The Morgan fingerprint density at radius 1 is 0.690 bits per heavy atom. The van der Waals surface area contributed by atoms with Gasteiger partial charge in [-0.15, -0.1) is 10.2 Å². The van der Waals surface area contributed by atoms with E-state index in [0.29, 0.717) is 36.0 Å². The summed E-state index contributed by atoms with van der Waals surface area (Å²) in [5, 5.41) is 15.1. The van der Waals surface area contributed by atoms with E-state index in [4.69, 9.17) is 18.3 Å². The lowest BCUT2D eigenvalue weighted by Crippen LogP contribution is -2.30. The molecule has 8 rings (SSSR count). The van der Waals surface area contributed by atoms with E-state index in [2.05, 4.69) is 54.7 Å². The van der Waals surface area contributed by atoms with Crippen LogP contribution in [0.4, 0.5) is 9.59 Å². The molecule has 6 heterocycles. The van der Waals surface area contributed by atoms with Gasteiger partial charge in [0.15, 0.2) is 0 Å². The van der Waals surface area contributed by atoms with Gasteiger partial charge in [-0.2, -0.15) is 9.36 Å². The summed E-state index contributed by atoms with van der Waals surface area (Å²) in [4.78, 5) is 55.8. The molecule has 0 spiro atoms. The zero-order valence-corrected chi connectivity index (χ0v) is 32.5. The third-order valence-corrected chi connectivity index (χ3v) is 9.33. The molecule has 2 aliphatic rings. The van der Waals surface area contributed by atoms with Crippen molar-refractivity contribution in [1.82, 2.24) is 49.6 Å². The fourth-order valence-corrected chi connectivity index (χ4v) is 6.40. The molecule has 0 N–H and O–H groups in total. The van der Waals surface area contributed by atoms with Crippen molar-refractivity contribution < 1.29 is 27.9 Å². The number of ether oxygens (including phenoxy) is 2. The maximum Gasteiger partial charge on any atom is 0.345 e. The Morgan fingerprint density at radius 2 is 1.17 bits per heavy atom. The molecule has 0 saturated heterocycles. The second-order valence-corrected chi connectivity index (χ2v) is 14.2. The van der Waals surface area contributed by atoms with Crippen molar-refractivity contribution in [2.75, 3.05) is 28.2 Å². The normalized spacial score (nSPS) is 13.3. The lowest BCUT2D eigenvalue weighted by molar-refractivity contribution is 0.210. The SMILES string of the molecule is CN(C)C(=O)n1cc(COc2coc(CN3Cc4ccccc4C3)cc2=O)nn1.CN(C)C(=O)n1nncc1COc1coc(CN2Cc3ccccc3C2)cc1=O. The monoisotopic (exact) mass is 790 g/mol. The smallest absolute Gasteiger partial charge is 0.345 e. The predicted molar refractivity (Wildman–Crippen MR) is 206 cm³/mol. The van der Waals surface area contributed by atoms with Gasteiger partial charge in [-0.3, -0.25) is 19.4 Å². The Labute approximate surface area is 332 Å². The minimum Gasteiger partial charge on any atom is -0.480 e. The first kappa shape index (κ1) is 39.3. The quantitative estimate of drug-likeness (QED) is 0.195. The maximum absolute atomic E-state index is 12.4. The van der Waals surface area contributed by atoms with Crippen LogP contribution in [-0.2, 0) is 52.5 Å². The third-order valence-electron chi connectivity index (χ3n) is 9.33. The number of amides is 2. The van der Waals surface area contributed by atoms with Crippen LogP contribution < -0.4 is 20.3 Å². The van der Waals surface area contributed by atoms with Gasteiger partial charge >= 0.3 is 12.1 Å². The molecule has 2 aliphatic heterocycles. The number of hydrogen-bond donors (Lipinski definition) is 0. The van der Waals surface area contributed by atoms with Gasteiger partial charge in [0.25, 0.3) is 0 Å². The van der Waals surface area contributed by atoms with E-state index in [1.54, 1.807) is 28.2 Å². The average Bonchev–Trinajstić information content (AvgIpc) is 4.03. The topological polar surface area (TPSA) is 187 Å². The highest BCUT2D eigenvalue weighted by Gasteiger charge is 2.22. The van der Waals surface area contributed by atoms with Crippen molar-refractivity contribution in [3.05, 3.63) is 151 Å². The molecular weight excluding hydrogens is 749 g/mol. The molecule has 58 heavy (non-hydrogen) atoms. The summed E-state index contributed by atoms with van der Waals surface area (Å²) in [6.45, 7) is 4.39. The predicted octanol–water partition coefficient (Wildman–Crippen LogP) is 3.71. The van der Waals surface area contributed by atoms with Gasteiger partial charge in [-0.1, -0.05) is 59.0 Å². The van der Waals surface area contributed by atoms with Crippen LogP contribution in [0.25, 0.3) is 0 Å². The Morgan fingerprint density at radius 3 is 1.64 bits per heavy atom. The van der Waals surface area contributed by atoms with Crippen molar-refractivity contribution in [2.24, 2.45) is 0 Å². The summed E-state index contributed by atoms with van der Waals surface area (Å²) in [6, 6.07) is 18.8. The highest BCUT2D eigenvalue weighted by Crippen LogP contribution is 2.25. The van der Waals surface area contributed by atoms with E-state index in [1.807, 2.05) is 24.3 Å². The molecular formula is C40H42N10O8. The van der Waals surface area contributed by atoms with Crippen LogP contribution in [-0.4, -0.2) is 89.8 Å². The first-order chi connectivity index (χ1) is 28.0. The highest BCUT2D eigenvalue weighted by molar-refractivity contribution is 5.76. The summed E-state index contributed by atoms with van der Waals surface area (Å²) in [5.41, 5.74) is 5.52. The number of benzene rings is 2. The fourth-order valence-electron chi connectivity index (χ4n) is 6.40. The Kier molecular flexibility index (Phi) is 11.8. The number of rotatable bonds is 10. The van der Waals surface area contributed by atoms with E-state index in [-0.39, 0.29) is 47.6 Å². The number of carbonyl (C=O) groups is 2. The molecule has 2 amide bonds.